The lowest BCUT2D eigenvalue weighted by molar-refractivity contribution is -0.137. The van der Waals surface area contributed by atoms with Crippen molar-refractivity contribution in [1.29, 1.82) is 5.26 Å². The third-order valence-corrected chi connectivity index (χ3v) is 7.00. The van der Waals surface area contributed by atoms with Crippen LogP contribution in [0.4, 0.5) is 13.2 Å². The van der Waals surface area contributed by atoms with Gasteiger partial charge in [0, 0.05) is 24.2 Å². The van der Waals surface area contributed by atoms with E-state index in [4.69, 9.17) is 11.1 Å². The number of pyridine rings is 1. The lowest BCUT2D eigenvalue weighted by Crippen LogP contribution is -2.44. The molecule has 0 aliphatic carbocycles. The molecule has 0 fully saturated rings. The van der Waals surface area contributed by atoms with Gasteiger partial charge in [0.1, 0.15) is 12.0 Å². The van der Waals surface area contributed by atoms with Crippen LogP contribution in [0.15, 0.2) is 64.3 Å². The summed E-state index contributed by atoms with van der Waals surface area (Å²) in [5.41, 5.74) is -3.41. The molecule has 11 nitrogen and oxygen atoms in total. The van der Waals surface area contributed by atoms with Crippen LogP contribution in [0.1, 0.15) is 44.0 Å². The van der Waals surface area contributed by atoms with Gasteiger partial charge in [0.15, 0.2) is 9.84 Å². The first kappa shape index (κ1) is 30.7. The van der Waals surface area contributed by atoms with Crippen LogP contribution in [0.25, 0.3) is 5.69 Å². The summed E-state index contributed by atoms with van der Waals surface area (Å²) < 4.78 is 64.2. The summed E-state index contributed by atoms with van der Waals surface area (Å²) in [5.74, 6) is 2.23. The minimum atomic E-state index is -4.77. The Bertz CT molecular complexity index is 1740. The Hall–Kier alpha value is -4.81. The summed E-state index contributed by atoms with van der Waals surface area (Å²) >= 11 is 0. The summed E-state index contributed by atoms with van der Waals surface area (Å²) in [6, 6.07) is 11.5. The van der Waals surface area contributed by atoms with E-state index in [1.165, 1.54) is 37.3 Å². The Morgan fingerprint density at radius 1 is 1.07 bits per heavy atom. The fourth-order valence-electron chi connectivity index (χ4n) is 3.74. The van der Waals surface area contributed by atoms with Gasteiger partial charge in [-0.2, -0.15) is 18.4 Å². The van der Waals surface area contributed by atoms with E-state index in [0.29, 0.717) is 16.2 Å². The first-order valence-electron chi connectivity index (χ1n) is 11.6. The van der Waals surface area contributed by atoms with Gasteiger partial charge in [0.05, 0.1) is 22.1 Å². The van der Waals surface area contributed by atoms with Crippen molar-refractivity contribution in [2.45, 2.75) is 31.0 Å². The minimum Gasteiger partial charge on any atom is -0.348 e. The van der Waals surface area contributed by atoms with Gasteiger partial charge in [0.2, 0.25) is 0 Å². The Labute approximate surface area is 231 Å². The summed E-state index contributed by atoms with van der Waals surface area (Å²) in [6.45, 7) is 1.02. The summed E-state index contributed by atoms with van der Waals surface area (Å²) in [6.07, 6.45) is -4.52. The number of carbonyl (C=O) groups excluding carboxylic acids is 3. The van der Waals surface area contributed by atoms with E-state index in [0.717, 1.165) is 30.5 Å². The molecule has 1 aromatic heterocycles. The fourth-order valence-corrected chi connectivity index (χ4v) is 4.37. The highest BCUT2D eigenvalue weighted by Crippen LogP contribution is 2.30. The number of hydrogen-bond acceptors (Lipinski definition) is 8. The number of alkyl halides is 3. The number of benzene rings is 2. The van der Waals surface area contributed by atoms with Gasteiger partial charge in [-0.05, 0) is 48.9 Å². The lowest BCUT2D eigenvalue weighted by atomic mass is 10.1. The smallest absolute Gasteiger partial charge is 0.348 e. The van der Waals surface area contributed by atoms with Crippen molar-refractivity contribution in [3.8, 4) is 11.8 Å². The number of rotatable bonds is 7. The van der Waals surface area contributed by atoms with Crippen LogP contribution >= 0.6 is 0 Å². The molecule has 0 unspecified atom stereocenters. The number of sulfone groups is 1. The Morgan fingerprint density at radius 3 is 2.27 bits per heavy atom. The number of imide groups is 1. The molecule has 2 aromatic carbocycles. The van der Waals surface area contributed by atoms with Gasteiger partial charge < -0.3 is 5.32 Å². The average molecular weight is 590 g/mol. The van der Waals surface area contributed by atoms with E-state index in [2.05, 4.69) is 5.32 Å². The SMILES string of the molecule is Cc1c(C(=O)N(N)C(=O)CC#N)cc(C(=O)NCc2ccc(S(C)(=O)=O)cc2)c(=O)n1-c1cccc(C(F)(F)F)c1. The van der Waals surface area contributed by atoms with E-state index < -0.39 is 62.4 Å². The zero-order chi connectivity index (χ0) is 30.7. The second kappa shape index (κ2) is 11.7. The number of nitrogens with two attached hydrogens (primary N) is 1. The van der Waals surface area contributed by atoms with Gasteiger partial charge in [-0.1, -0.05) is 18.2 Å². The molecule has 3 rings (SSSR count). The van der Waals surface area contributed by atoms with Gasteiger partial charge in [-0.25, -0.2) is 19.3 Å². The Kier molecular flexibility index (Phi) is 8.80. The highest BCUT2D eigenvalue weighted by atomic mass is 32.2. The van der Waals surface area contributed by atoms with Gasteiger partial charge >= 0.3 is 6.18 Å². The molecule has 15 heteroatoms. The molecule has 0 aliphatic heterocycles. The monoisotopic (exact) mass is 589 g/mol. The second-order valence-corrected chi connectivity index (χ2v) is 10.8. The summed E-state index contributed by atoms with van der Waals surface area (Å²) in [7, 11) is -3.47. The Balaban J connectivity index is 2.12. The Morgan fingerprint density at radius 2 is 1.71 bits per heavy atom. The van der Waals surface area contributed by atoms with Crippen LogP contribution in [0, 0.1) is 18.3 Å². The third-order valence-electron chi connectivity index (χ3n) is 5.88. The van der Waals surface area contributed by atoms with Crippen LogP contribution in [-0.4, -0.2) is 42.0 Å². The maximum atomic E-state index is 13.4. The highest BCUT2D eigenvalue weighted by Gasteiger charge is 2.31. The average Bonchev–Trinajstić information content (AvgIpc) is 2.90. The molecule has 3 amide bonds. The molecule has 3 aromatic rings. The number of halogens is 3. The molecular formula is C26H22F3N5O6S. The first-order valence-corrected chi connectivity index (χ1v) is 13.5. The maximum absolute atomic E-state index is 13.4. The van der Waals surface area contributed by atoms with Crippen molar-refractivity contribution in [3.63, 3.8) is 0 Å². The number of nitrogens with one attached hydrogen (secondary N) is 1. The van der Waals surface area contributed by atoms with Crippen LogP contribution in [-0.2, 0) is 27.4 Å². The van der Waals surface area contributed by atoms with Crippen LogP contribution < -0.4 is 16.7 Å². The van der Waals surface area contributed by atoms with E-state index in [-0.39, 0.29) is 27.8 Å². The number of aromatic nitrogens is 1. The number of hydrazine groups is 1. The number of carbonyl (C=O) groups is 3. The quantitative estimate of drug-likeness (QED) is 0.240. The van der Waals surface area contributed by atoms with E-state index in [1.54, 1.807) is 0 Å². The third kappa shape index (κ3) is 6.86. The predicted octanol–water partition coefficient (Wildman–Crippen LogP) is 2.25. The molecule has 3 N–H and O–H groups in total. The molecule has 1 heterocycles. The van der Waals surface area contributed by atoms with Gasteiger partial charge in [0.25, 0.3) is 23.3 Å². The molecule has 0 aliphatic rings. The number of amides is 3. The van der Waals surface area contributed by atoms with E-state index in [9.17, 15) is 40.8 Å². The first-order chi connectivity index (χ1) is 19.1. The van der Waals surface area contributed by atoms with Crippen molar-refractivity contribution in [3.05, 3.63) is 92.9 Å². The van der Waals surface area contributed by atoms with Gasteiger partial charge in [-0.3, -0.25) is 23.7 Å². The summed E-state index contributed by atoms with van der Waals surface area (Å²) in [5, 5.41) is 11.3. The van der Waals surface area contributed by atoms with Gasteiger partial charge in [-0.15, -0.1) is 0 Å². The van der Waals surface area contributed by atoms with Crippen molar-refractivity contribution in [2.24, 2.45) is 5.84 Å². The lowest BCUT2D eigenvalue weighted by Gasteiger charge is -2.20. The predicted molar refractivity (Wildman–Crippen MR) is 138 cm³/mol. The largest absolute Gasteiger partial charge is 0.416 e. The highest BCUT2D eigenvalue weighted by molar-refractivity contribution is 7.90. The maximum Gasteiger partial charge on any atom is 0.416 e. The molecule has 41 heavy (non-hydrogen) atoms. The molecule has 0 saturated carbocycles. The van der Waals surface area contributed by atoms with Crippen molar-refractivity contribution in [1.82, 2.24) is 14.9 Å². The molecular weight excluding hydrogens is 567 g/mol. The molecule has 214 valence electrons. The standard InChI is InChI=1S/C26H22F3N5O6S/c1-15-20(25(38)34(31)22(35)10-11-30)13-21(23(36)32-14-16-6-8-19(9-7-16)41(2,39)40)24(37)33(15)18-5-3-4-17(12-18)26(27,28)29/h3-9,12-13H,10,14,31H2,1-2H3,(H,32,36). The number of hydrogen-bond donors (Lipinski definition) is 2. The van der Waals surface area contributed by atoms with Crippen LogP contribution in [0.2, 0.25) is 0 Å². The molecule has 0 atom stereocenters. The molecule has 0 spiro atoms. The van der Waals surface area contributed by atoms with Crippen LogP contribution in [0.5, 0.6) is 0 Å². The van der Waals surface area contributed by atoms with Crippen molar-refractivity contribution >= 4 is 27.6 Å². The van der Waals surface area contributed by atoms with Crippen molar-refractivity contribution in [2.75, 3.05) is 6.26 Å². The number of nitrogens with zero attached hydrogens (tertiary/aromatic N) is 3. The molecule has 0 bridgehead atoms. The van der Waals surface area contributed by atoms with E-state index in [1.807, 2.05) is 0 Å². The minimum absolute atomic E-state index is 0.0375. The van der Waals surface area contributed by atoms with E-state index >= 15 is 0 Å². The number of nitriles is 1. The van der Waals surface area contributed by atoms with Crippen LogP contribution in [0.3, 0.4) is 0 Å². The molecule has 0 radical (unpaired) electrons. The summed E-state index contributed by atoms with van der Waals surface area (Å²) in [4.78, 5) is 51.7. The second-order valence-electron chi connectivity index (χ2n) is 8.75. The normalized spacial score (nSPS) is 11.4. The topological polar surface area (TPSA) is 172 Å². The van der Waals surface area contributed by atoms with Crippen molar-refractivity contribution < 1.29 is 36.0 Å². The zero-order valence-corrected chi connectivity index (χ0v) is 22.3. The fraction of sp³-hybridized carbons (Fsp3) is 0.192. The zero-order valence-electron chi connectivity index (χ0n) is 21.5. The molecule has 0 saturated heterocycles.